The van der Waals surface area contributed by atoms with Crippen molar-refractivity contribution in [3.8, 4) is 5.75 Å². The Balaban J connectivity index is 1.80. The Morgan fingerprint density at radius 1 is 1.07 bits per heavy atom. The van der Waals surface area contributed by atoms with E-state index in [1.807, 2.05) is 81.4 Å². The molecular formula is C23H30N2O3S. The summed E-state index contributed by atoms with van der Waals surface area (Å²) in [5, 5.41) is 0. The molecule has 0 bridgehead atoms. The van der Waals surface area contributed by atoms with Gasteiger partial charge >= 0.3 is 0 Å². The summed E-state index contributed by atoms with van der Waals surface area (Å²) in [6, 6.07) is 17.5. The molecule has 1 fully saturated rings. The van der Waals surface area contributed by atoms with Crippen LogP contribution in [0.5, 0.6) is 5.75 Å². The molecular weight excluding hydrogens is 384 g/mol. The SMILES string of the molecule is COc1ccc(/C=C/C[C@H]2CN(C(C)(C)C)S(=O)(=O)N2Cc2ccccc2)cc1. The molecule has 0 aromatic heterocycles. The summed E-state index contributed by atoms with van der Waals surface area (Å²) < 4.78 is 35.0. The van der Waals surface area contributed by atoms with Crippen LogP contribution in [0.25, 0.3) is 6.08 Å². The smallest absolute Gasteiger partial charge is 0.283 e. The molecule has 1 atom stereocenters. The summed E-state index contributed by atoms with van der Waals surface area (Å²) in [6.07, 6.45) is 4.75. The van der Waals surface area contributed by atoms with E-state index in [2.05, 4.69) is 6.08 Å². The van der Waals surface area contributed by atoms with E-state index in [-0.39, 0.29) is 6.04 Å². The maximum Gasteiger partial charge on any atom is 0.283 e. The van der Waals surface area contributed by atoms with Gasteiger partial charge in [0, 0.05) is 24.7 Å². The third-order valence-electron chi connectivity index (χ3n) is 5.12. The van der Waals surface area contributed by atoms with Gasteiger partial charge in [-0.15, -0.1) is 0 Å². The highest BCUT2D eigenvalue weighted by Crippen LogP contribution is 2.33. The van der Waals surface area contributed by atoms with Gasteiger partial charge in [-0.25, -0.2) is 0 Å². The molecule has 0 N–H and O–H groups in total. The first-order chi connectivity index (χ1) is 13.7. The fraction of sp³-hybridized carbons (Fsp3) is 0.391. The van der Waals surface area contributed by atoms with E-state index in [4.69, 9.17) is 4.74 Å². The van der Waals surface area contributed by atoms with Crippen molar-refractivity contribution in [1.82, 2.24) is 8.61 Å². The first-order valence-corrected chi connectivity index (χ1v) is 11.3. The quantitative estimate of drug-likeness (QED) is 0.707. The number of hydrogen-bond donors (Lipinski definition) is 0. The van der Waals surface area contributed by atoms with E-state index in [1.165, 1.54) is 0 Å². The molecule has 29 heavy (non-hydrogen) atoms. The van der Waals surface area contributed by atoms with E-state index >= 15 is 0 Å². The van der Waals surface area contributed by atoms with E-state index < -0.39 is 15.7 Å². The predicted octanol–water partition coefficient (Wildman–Crippen LogP) is 4.33. The lowest BCUT2D eigenvalue weighted by Gasteiger charge is -2.30. The second-order valence-electron chi connectivity index (χ2n) is 8.31. The molecule has 156 valence electrons. The lowest BCUT2D eigenvalue weighted by molar-refractivity contribution is 0.254. The fourth-order valence-corrected chi connectivity index (χ4v) is 5.70. The highest BCUT2D eigenvalue weighted by Gasteiger charge is 2.47. The van der Waals surface area contributed by atoms with Crippen molar-refractivity contribution in [1.29, 1.82) is 0 Å². The molecule has 2 aromatic carbocycles. The van der Waals surface area contributed by atoms with Gasteiger partial charge in [0.05, 0.1) is 7.11 Å². The van der Waals surface area contributed by atoms with Gasteiger partial charge in [-0.1, -0.05) is 54.6 Å². The van der Waals surface area contributed by atoms with E-state index in [0.29, 0.717) is 19.5 Å². The third-order valence-corrected chi connectivity index (χ3v) is 7.40. The Labute approximate surface area is 174 Å². The van der Waals surface area contributed by atoms with Crippen LogP contribution >= 0.6 is 0 Å². The number of rotatable bonds is 6. The largest absolute Gasteiger partial charge is 0.497 e. The molecule has 3 rings (SSSR count). The van der Waals surface area contributed by atoms with Crippen molar-refractivity contribution in [3.05, 3.63) is 71.8 Å². The third kappa shape index (κ3) is 5.07. The highest BCUT2D eigenvalue weighted by atomic mass is 32.2. The first kappa shape index (κ1) is 21.6. The summed E-state index contributed by atoms with van der Waals surface area (Å²) in [5.74, 6) is 0.818. The normalized spacial score (nSPS) is 20.3. The predicted molar refractivity (Wildman–Crippen MR) is 118 cm³/mol. The number of hydrogen-bond acceptors (Lipinski definition) is 3. The molecule has 5 nitrogen and oxygen atoms in total. The molecule has 0 amide bonds. The van der Waals surface area contributed by atoms with Crippen molar-refractivity contribution in [2.24, 2.45) is 0 Å². The van der Waals surface area contributed by atoms with Gasteiger partial charge in [0.25, 0.3) is 10.2 Å². The van der Waals surface area contributed by atoms with Gasteiger partial charge in [0.15, 0.2) is 0 Å². The van der Waals surface area contributed by atoms with Crippen LogP contribution in [0, 0.1) is 0 Å². The molecule has 0 radical (unpaired) electrons. The fourth-order valence-electron chi connectivity index (χ4n) is 3.55. The van der Waals surface area contributed by atoms with E-state index in [9.17, 15) is 8.42 Å². The van der Waals surface area contributed by atoms with Gasteiger partial charge in [-0.3, -0.25) is 0 Å². The molecule has 1 saturated heterocycles. The molecule has 1 aliphatic heterocycles. The maximum atomic E-state index is 13.3. The van der Waals surface area contributed by atoms with E-state index in [1.54, 1.807) is 15.7 Å². The zero-order valence-corrected chi connectivity index (χ0v) is 18.4. The van der Waals surface area contributed by atoms with Gasteiger partial charge in [-0.05, 0) is 50.5 Å². The van der Waals surface area contributed by atoms with Crippen LogP contribution in [0.3, 0.4) is 0 Å². The van der Waals surface area contributed by atoms with Crippen LogP contribution in [0.15, 0.2) is 60.7 Å². The number of ether oxygens (including phenoxy) is 1. The molecule has 0 spiro atoms. The highest BCUT2D eigenvalue weighted by molar-refractivity contribution is 7.87. The summed E-state index contributed by atoms with van der Waals surface area (Å²) in [5.41, 5.74) is 1.60. The average molecular weight is 415 g/mol. The summed E-state index contributed by atoms with van der Waals surface area (Å²) in [7, 11) is -1.87. The van der Waals surface area contributed by atoms with Crippen molar-refractivity contribution in [3.63, 3.8) is 0 Å². The molecule has 0 saturated carbocycles. The maximum absolute atomic E-state index is 13.3. The van der Waals surface area contributed by atoms with Crippen molar-refractivity contribution >= 4 is 16.3 Å². The van der Waals surface area contributed by atoms with Crippen LogP contribution in [0.1, 0.15) is 38.3 Å². The zero-order valence-electron chi connectivity index (χ0n) is 17.6. The second kappa shape index (κ2) is 8.69. The molecule has 6 heteroatoms. The van der Waals surface area contributed by atoms with Crippen LogP contribution < -0.4 is 4.74 Å². The van der Waals surface area contributed by atoms with E-state index in [0.717, 1.165) is 16.9 Å². The van der Waals surface area contributed by atoms with Crippen molar-refractivity contribution < 1.29 is 13.2 Å². The Morgan fingerprint density at radius 3 is 2.31 bits per heavy atom. The molecule has 0 aliphatic carbocycles. The van der Waals surface area contributed by atoms with Gasteiger partial charge < -0.3 is 4.74 Å². The van der Waals surface area contributed by atoms with Gasteiger partial charge in [0.2, 0.25) is 0 Å². The topological polar surface area (TPSA) is 49.9 Å². The first-order valence-electron chi connectivity index (χ1n) is 9.86. The molecule has 2 aromatic rings. The van der Waals surface area contributed by atoms with Crippen molar-refractivity contribution in [2.75, 3.05) is 13.7 Å². The summed E-state index contributed by atoms with van der Waals surface area (Å²) in [6.45, 7) is 6.71. The van der Waals surface area contributed by atoms with Crippen LogP contribution in [0.4, 0.5) is 0 Å². The zero-order chi connectivity index (χ0) is 21.1. The van der Waals surface area contributed by atoms with Gasteiger partial charge in [0.1, 0.15) is 5.75 Å². The van der Waals surface area contributed by atoms with Crippen LogP contribution in [0.2, 0.25) is 0 Å². The molecule has 0 unspecified atom stereocenters. The monoisotopic (exact) mass is 414 g/mol. The number of methoxy groups -OCH3 is 1. The second-order valence-corrected chi connectivity index (χ2v) is 10.1. The minimum Gasteiger partial charge on any atom is -0.497 e. The summed E-state index contributed by atoms with van der Waals surface area (Å²) >= 11 is 0. The Hall–Kier alpha value is -2.15. The number of nitrogens with zero attached hydrogens (tertiary/aromatic N) is 2. The van der Waals surface area contributed by atoms with Crippen molar-refractivity contribution in [2.45, 2.75) is 45.3 Å². The Kier molecular flexibility index (Phi) is 6.46. The summed E-state index contributed by atoms with van der Waals surface area (Å²) in [4.78, 5) is 0. The average Bonchev–Trinajstić information content (AvgIpc) is 2.94. The lowest BCUT2D eigenvalue weighted by Crippen LogP contribution is -2.44. The van der Waals surface area contributed by atoms with Crippen LogP contribution in [-0.2, 0) is 16.8 Å². The molecule has 1 aliphatic rings. The lowest BCUT2D eigenvalue weighted by atomic mass is 10.1. The molecule has 1 heterocycles. The Bertz CT molecular complexity index is 932. The number of benzene rings is 2. The minimum atomic E-state index is -3.52. The minimum absolute atomic E-state index is 0.103. The Morgan fingerprint density at radius 2 is 1.72 bits per heavy atom. The van der Waals surface area contributed by atoms with Crippen LogP contribution in [-0.4, -0.2) is 42.3 Å². The van der Waals surface area contributed by atoms with Gasteiger partial charge in [-0.2, -0.15) is 17.0 Å². The standard InChI is InChI=1S/C23H30N2O3S/c1-23(2,3)25-18-21(12-8-11-19-13-15-22(28-4)16-14-19)24(29(25,26)27)17-20-9-6-5-7-10-20/h5-11,13-16,21H,12,17-18H2,1-4H3/b11-8+/t21-/m0/s1.